The van der Waals surface area contributed by atoms with E-state index in [1.165, 1.54) is 0 Å². The van der Waals surface area contributed by atoms with Gasteiger partial charge in [-0.15, -0.1) is 0 Å². The molecule has 3 rings (SSSR count). The van der Waals surface area contributed by atoms with Crippen molar-refractivity contribution in [3.05, 3.63) is 30.3 Å². The van der Waals surface area contributed by atoms with Gasteiger partial charge in [-0.05, 0) is 50.9 Å². The fourth-order valence-corrected chi connectivity index (χ4v) is 4.39. The first-order chi connectivity index (χ1) is 15.9. The third-order valence-electron chi connectivity index (χ3n) is 6.26. The van der Waals surface area contributed by atoms with Crippen molar-refractivity contribution in [2.24, 2.45) is 11.3 Å². The minimum atomic E-state index is -5.08. The second kappa shape index (κ2) is 11.5. The Hall–Kier alpha value is -2.82. The summed E-state index contributed by atoms with van der Waals surface area (Å²) in [5.41, 5.74) is 0.401. The highest BCUT2D eigenvalue weighted by molar-refractivity contribution is 5.96. The highest BCUT2D eigenvalue weighted by Gasteiger charge is 2.52. The SMILES string of the molecule is CC(C)CNC(=O)N1CC[C@H]2N(C)CC[C@@]2(C(=O)Nc2ccccc2)CC1.O=C(O)C(F)(F)F. The summed E-state index contributed by atoms with van der Waals surface area (Å²) in [7, 11) is 2.09. The van der Waals surface area contributed by atoms with Crippen molar-refractivity contribution in [1.29, 1.82) is 0 Å². The van der Waals surface area contributed by atoms with Gasteiger partial charge < -0.3 is 25.5 Å². The van der Waals surface area contributed by atoms with Crippen molar-refractivity contribution < 1.29 is 32.7 Å². The topological polar surface area (TPSA) is 102 Å². The van der Waals surface area contributed by atoms with Gasteiger partial charge in [0.05, 0.1) is 5.41 Å². The van der Waals surface area contributed by atoms with Gasteiger partial charge in [0.2, 0.25) is 5.91 Å². The van der Waals surface area contributed by atoms with Gasteiger partial charge in [0.1, 0.15) is 0 Å². The summed E-state index contributed by atoms with van der Waals surface area (Å²) < 4.78 is 31.7. The Bertz CT molecular complexity index is 850. The number of rotatable bonds is 4. The molecule has 2 aliphatic rings. The summed E-state index contributed by atoms with van der Waals surface area (Å²) in [6, 6.07) is 9.81. The van der Waals surface area contributed by atoms with Crippen LogP contribution in [0.3, 0.4) is 0 Å². The second-order valence-electron chi connectivity index (χ2n) is 9.13. The fourth-order valence-electron chi connectivity index (χ4n) is 4.39. The minimum absolute atomic E-state index is 0.00931. The Morgan fingerprint density at radius 3 is 2.26 bits per heavy atom. The molecule has 3 N–H and O–H groups in total. The number of benzene rings is 1. The predicted octanol–water partition coefficient (Wildman–Crippen LogP) is 3.41. The molecule has 2 fully saturated rings. The van der Waals surface area contributed by atoms with Crippen LogP contribution >= 0.6 is 0 Å². The summed E-state index contributed by atoms with van der Waals surface area (Å²) in [6.45, 7) is 7.09. The van der Waals surface area contributed by atoms with E-state index in [0.29, 0.717) is 32.0 Å². The smallest absolute Gasteiger partial charge is 0.475 e. The van der Waals surface area contributed by atoms with Crippen LogP contribution < -0.4 is 10.6 Å². The molecule has 3 amide bonds. The second-order valence-corrected chi connectivity index (χ2v) is 9.13. The Balaban J connectivity index is 0.000000509. The largest absolute Gasteiger partial charge is 0.490 e. The number of fused-ring (bicyclic) bond motifs is 1. The number of carboxylic acid groups (broad SMARTS) is 1. The van der Waals surface area contributed by atoms with Gasteiger partial charge >= 0.3 is 18.2 Å². The molecule has 0 spiro atoms. The number of alkyl halides is 3. The summed E-state index contributed by atoms with van der Waals surface area (Å²) in [5.74, 6) is -2.24. The number of nitrogens with zero attached hydrogens (tertiary/aromatic N) is 2. The lowest BCUT2D eigenvalue weighted by Crippen LogP contribution is -2.46. The third kappa shape index (κ3) is 7.09. The van der Waals surface area contributed by atoms with Gasteiger partial charge in [-0.3, -0.25) is 4.79 Å². The molecule has 1 aromatic rings. The van der Waals surface area contributed by atoms with Crippen molar-refractivity contribution in [3.8, 4) is 0 Å². The lowest BCUT2D eigenvalue weighted by atomic mass is 9.75. The number of carbonyl (C=O) groups excluding carboxylic acids is 2. The van der Waals surface area contributed by atoms with Gasteiger partial charge in [0, 0.05) is 31.4 Å². The molecule has 0 saturated carbocycles. The Labute approximate surface area is 197 Å². The molecule has 34 heavy (non-hydrogen) atoms. The first-order valence-electron chi connectivity index (χ1n) is 11.3. The van der Waals surface area contributed by atoms with Crippen LogP contribution in [0.2, 0.25) is 0 Å². The van der Waals surface area contributed by atoms with Crippen molar-refractivity contribution in [3.63, 3.8) is 0 Å². The first-order valence-corrected chi connectivity index (χ1v) is 11.3. The zero-order valence-corrected chi connectivity index (χ0v) is 19.7. The Morgan fingerprint density at radius 2 is 1.71 bits per heavy atom. The zero-order chi connectivity index (χ0) is 25.5. The van der Waals surface area contributed by atoms with Gasteiger partial charge in [0.15, 0.2) is 0 Å². The number of para-hydroxylation sites is 1. The number of urea groups is 1. The molecule has 0 radical (unpaired) electrons. The quantitative estimate of drug-likeness (QED) is 0.606. The van der Waals surface area contributed by atoms with E-state index in [1.807, 2.05) is 35.2 Å². The fraction of sp³-hybridized carbons (Fsp3) is 0.609. The average molecular weight is 487 g/mol. The number of carbonyl (C=O) groups is 3. The zero-order valence-electron chi connectivity index (χ0n) is 19.7. The lowest BCUT2D eigenvalue weighted by Gasteiger charge is -2.34. The minimum Gasteiger partial charge on any atom is -0.475 e. The summed E-state index contributed by atoms with van der Waals surface area (Å²) in [4.78, 5) is 38.9. The number of halogens is 3. The number of amides is 3. The third-order valence-corrected chi connectivity index (χ3v) is 6.26. The van der Waals surface area contributed by atoms with Crippen LogP contribution in [-0.2, 0) is 9.59 Å². The van der Waals surface area contributed by atoms with E-state index in [1.54, 1.807) is 0 Å². The van der Waals surface area contributed by atoms with Crippen LogP contribution in [0.25, 0.3) is 0 Å². The van der Waals surface area contributed by atoms with E-state index in [2.05, 4.69) is 36.4 Å². The highest BCUT2D eigenvalue weighted by atomic mass is 19.4. The number of hydrogen-bond acceptors (Lipinski definition) is 4. The molecule has 11 heteroatoms. The van der Waals surface area contributed by atoms with Crippen LogP contribution in [0.15, 0.2) is 30.3 Å². The van der Waals surface area contributed by atoms with E-state index in [4.69, 9.17) is 9.90 Å². The predicted molar refractivity (Wildman–Crippen MR) is 121 cm³/mol. The van der Waals surface area contributed by atoms with E-state index in [9.17, 15) is 22.8 Å². The number of aliphatic carboxylic acids is 1. The molecule has 0 aromatic heterocycles. The van der Waals surface area contributed by atoms with Crippen LogP contribution in [0.4, 0.5) is 23.7 Å². The maximum Gasteiger partial charge on any atom is 0.490 e. The lowest BCUT2D eigenvalue weighted by molar-refractivity contribution is -0.192. The van der Waals surface area contributed by atoms with Gasteiger partial charge in [-0.25, -0.2) is 9.59 Å². The highest BCUT2D eigenvalue weighted by Crippen LogP contribution is 2.44. The Kier molecular flexibility index (Phi) is 9.31. The monoisotopic (exact) mass is 486 g/mol. The van der Waals surface area contributed by atoms with E-state index >= 15 is 0 Å². The van der Waals surface area contributed by atoms with E-state index in [-0.39, 0.29) is 18.0 Å². The van der Waals surface area contributed by atoms with Crippen molar-refractivity contribution in [2.45, 2.75) is 45.3 Å². The molecule has 2 heterocycles. The maximum atomic E-state index is 13.3. The van der Waals surface area contributed by atoms with Crippen LogP contribution in [-0.4, -0.2) is 78.3 Å². The van der Waals surface area contributed by atoms with Gasteiger partial charge in [-0.1, -0.05) is 32.0 Å². The Morgan fingerprint density at radius 1 is 1.12 bits per heavy atom. The van der Waals surface area contributed by atoms with Crippen LogP contribution in [0, 0.1) is 11.3 Å². The molecule has 2 atom stereocenters. The van der Waals surface area contributed by atoms with E-state index in [0.717, 1.165) is 25.1 Å². The molecular formula is C23H33F3N4O4. The van der Waals surface area contributed by atoms with E-state index < -0.39 is 17.6 Å². The van der Waals surface area contributed by atoms with Gasteiger partial charge in [0.25, 0.3) is 0 Å². The normalized spacial score (nSPS) is 22.8. The maximum absolute atomic E-state index is 13.3. The molecule has 0 unspecified atom stereocenters. The molecule has 8 nitrogen and oxygen atoms in total. The molecule has 2 aliphatic heterocycles. The average Bonchev–Trinajstić information content (AvgIpc) is 2.96. The number of likely N-dealkylation sites (tertiary alicyclic amines) is 2. The molecule has 0 aliphatic carbocycles. The molecular weight excluding hydrogens is 453 g/mol. The van der Waals surface area contributed by atoms with Crippen molar-refractivity contribution >= 4 is 23.6 Å². The summed E-state index contributed by atoms with van der Waals surface area (Å²) in [5, 5.41) is 13.3. The van der Waals surface area contributed by atoms with Gasteiger partial charge in [-0.2, -0.15) is 13.2 Å². The molecule has 190 valence electrons. The first kappa shape index (κ1) is 27.4. The van der Waals surface area contributed by atoms with Crippen molar-refractivity contribution in [1.82, 2.24) is 15.1 Å². The van der Waals surface area contributed by atoms with Crippen LogP contribution in [0.5, 0.6) is 0 Å². The standard InChI is InChI=1S/C21H32N4O2.C2HF3O2/c1-16(2)15-22-20(27)25-12-9-18-21(11-14-25,10-13-24(18)3)19(26)23-17-7-5-4-6-8-17;3-2(4,5)1(6)7/h4-8,16,18H,9-15H2,1-3H3,(H,22,27)(H,23,26);(H,6,7)/t18-,21-;/m1./s1. The summed E-state index contributed by atoms with van der Waals surface area (Å²) >= 11 is 0. The summed E-state index contributed by atoms with van der Waals surface area (Å²) in [6.07, 6.45) is -2.71. The molecule has 1 aromatic carbocycles. The molecule has 2 saturated heterocycles. The number of hydrogen-bond donors (Lipinski definition) is 3. The van der Waals surface area contributed by atoms with Crippen molar-refractivity contribution in [2.75, 3.05) is 38.5 Å². The van der Waals surface area contributed by atoms with Crippen LogP contribution in [0.1, 0.15) is 33.1 Å². The number of carboxylic acids is 1. The molecule has 0 bridgehead atoms. The number of nitrogens with one attached hydrogen (secondary N) is 2. The number of anilines is 1.